The van der Waals surface area contributed by atoms with Crippen LogP contribution < -0.4 is 15.0 Å². The predicted molar refractivity (Wildman–Crippen MR) is 133 cm³/mol. The fraction of sp³-hybridized carbons (Fsp3) is 0.154. The van der Waals surface area contributed by atoms with Gasteiger partial charge in [0.1, 0.15) is 17.3 Å². The molecule has 1 atom stereocenters. The maximum absolute atomic E-state index is 13.0. The molecule has 0 spiro atoms. The van der Waals surface area contributed by atoms with Crippen molar-refractivity contribution < 1.29 is 14.3 Å². The number of anilines is 2. The predicted octanol–water partition coefficient (Wildman–Crippen LogP) is 4.93. The van der Waals surface area contributed by atoms with Crippen LogP contribution in [-0.4, -0.2) is 34.4 Å². The topological polar surface area (TPSA) is 84.4 Å². The number of rotatable bonds is 5. The number of ether oxygens (including phenoxy) is 1. The van der Waals surface area contributed by atoms with Gasteiger partial charge in [0, 0.05) is 22.3 Å². The number of pyridine rings is 1. The SMILES string of the molecule is Cc1sc(-c2ccccn2)nc1-c1ccc2c(c1)N(CC(=O)Nc1ccccc1)C(=O)C(C)O2. The summed E-state index contributed by atoms with van der Waals surface area (Å²) in [5.74, 6) is 0.00510. The summed E-state index contributed by atoms with van der Waals surface area (Å²) in [5.41, 5.74) is 3.69. The Labute approximate surface area is 201 Å². The van der Waals surface area contributed by atoms with Crippen LogP contribution in [0.5, 0.6) is 5.75 Å². The first kappa shape index (κ1) is 21.8. The average molecular weight is 471 g/mol. The lowest BCUT2D eigenvalue weighted by Crippen LogP contribution is -2.47. The van der Waals surface area contributed by atoms with E-state index in [0.29, 0.717) is 17.1 Å². The summed E-state index contributed by atoms with van der Waals surface area (Å²) in [6.07, 6.45) is 1.06. The number of hydrogen-bond acceptors (Lipinski definition) is 6. The lowest BCUT2D eigenvalue weighted by Gasteiger charge is -2.33. The maximum atomic E-state index is 13.0. The van der Waals surface area contributed by atoms with E-state index in [0.717, 1.165) is 26.8 Å². The van der Waals surface area contributed by atoms with Gasteiger partial charge in [-0.2, -0.15) is 0 Å². The van der Waals surface area contributed by atoms with E-state index in [1.54, 1.807) is 36.6 Å². The molecule has 0 saturated heterocycles. The second-order valence-corrected chi connectivity index (χ2v) is 9.12. The number of benzene rings is 2. The Morgan fingerprint density at radius 1 is 1.12 bits per heavy atom. The van der Waals surface area contributed by atoms with Crippen molar-refractivity contribution in [3.63, 3.8) is 0 Å². The molecule has 2 amide bonds. The molecular weight excluding hydrogens is 448 g/mol. The van der Waals surface area contributed by atoms with Crippen LogP contribution in [0.4, 0.5) is 11.4 Å². The highest BCUT2D eigenvalue weighted by atomic mass is 32.1. The number of carbonyl (C=O) groups is 2. The van der Waals surface area contributed by atoms with E-state index in [2.05, 4.69) is 10.3 Å². The Kier molecular flexibility index (Phi) is 5.81. The number of hydrogen-bond donors (Lipinski definition) is 1. The number of nitrogens with zero attached hydrogens (tertiary/aromatic N) is 3. The minimum absolute atomic E-state index is 0.118. The van der Waals surface area contributed by atoms with Gasteiger partial charge < -0.3 is 10.1 Å². The maximum Gasteiger partial charge on any atom is 0.268 e. The Morgan fingerprint density at radius 2 is 1.91 bits per heavy atom. The highest BCUT2D eigenvalue weighted by Crippen LogP contribution is 2.39. The zero-order valence-electron chi connectivity index (χ0n) is 18.7. The van der Waals surface area contributed by atoms with Crippen molar-refractivity contribution in [2.75, 3.05) is 16.8 Å². The lowest BCUT2D eigenvalue weighted by atomic mass is 10.1. The summed E-state index contributed by atoms with van der Waals surface area (Å²) < 4.78 is 5.82. The molecule has 170 valence electrons. The Morgan fingerprint density at radius 3 is 2.68 bits per heavy atom. The standard InChI is InChI=1S/C26H22N4O3S/c1-16-26(32)30(15-23(31)28-19-8-4-3-5-9-19)21-14-18(11-12-22(21)33-16)24-17(2)34-25(29-24)20-10-6-7-13-27-20/h3-14,16H,15H2,1-2H3,(H,28,31). The molecule has 0 radical (unpaired) electrons. The second-order valence-electron chi connectivity index (χ2n) is 7.92. The smallest absolute Gasteiger partial charge is 0.268 e. The summed E-state index contributed by atoms with van der Waals surface area (Å²) >= 11 is 1.56. The number of nitrogens with one attached hydrogen (secondary N) is 1. The molecule has 0 fully saturated rings. The Bertz CT molecular complexity index is 1360. The molecule has 3 heterocycles. The molecule has 7 nitrogen and oxygen atoms in total. The summed E-state index contributed by atoms with van der Waals surface area (Å²) in [6, 6.07) is 20.5. The van der Waals surface area contributed by atoms with Gasteiger partial charge in [0.05, 0.1) is 17.1 Å². The lowest BCUT2D eigenvalue weighted by molar-refractivity contribution is -0.127. The number of aryl methyl sites for hydroxylation is 1. The molecule has 0 aliphatic carbocycles. The molecular formula is C26H22N4O3S. The van der Waals surface area contributed by atoms with Crippen molar-refractivity contribution in [1.82, 2.24) is 9.97 Å². The van der Waals surface area contributed by atoms with Gasteiger partial charge in [-0.3, -0.25) is 19.5 Å². The van der Waals surface area contributed by atoms with Gasteiger partial charge in [-0.05, 0) is 56.3 Å². The number of fused-ring (bicyclic) bond motifs is 1. The van der Waals surface area contributed by atoms with Crippen LogP contribution in [0.1, 0.15) is 11.8 Å². The van der Waals surface area contributed by atoms with Crippen molar-refractivity contribution in [2.45, 2.75) is 20.0 Å². The number of amides is 2. The summed E-state index contributed by atoms with van der Waals surface area (Å²) in [5, 5.41) is 3.67. The molecule has 8 heteroatoms. The van der Waals surface area contributed by atoms with Crippen LogP contribution in [0.15, 0.2) is 72.9 Å². The molecule has 1 aliphatic rings. The number of para-hydroxylation sites is 1. The van der Waals surface area contributed by atoms with Gasteiger partial charge in [-0.15, -0.1) is 11.3 Å². The minimum Gasteiger partial charge on any atom is -0.479 e. The first-order chi connectivity index (χ1) is 16.5. The fourth-order valence-electron chi connectivity index (χ4n) is 3.85. The fourth-order valence-corrected chi connectivity index (χ4v) is 4.76. The number of aromatic nitrogens is 2. The van der Waals surface area contributed by atoms with Gasteiger partial charge >= 0.3 is 0 Å². The van der Waals surface area contributed by atoms with E-state index in [1.807, 2.05) is 61.5 Å². The van der Waals surface area contributed by atoms with Gasteiger partial charge in [0.15, 0.2) is 6.10 Å². The van der Waals surface area contributed by atoms with E-state index in [-0.39, 0.29) is 18.4 Å². The largest absolute Gasteiger partial charge is 0.479 e. The third kappa shape index (κ3) is 4.27. The highest BCUT2D eigenvalue weighted by molar-refractivity contribution is 7.15. The van der Waals surface area contributed by atoms with Crippen LogP contribution in [0.2, 0.25) is 0 Å². The van der Waals surface area contributed by atoms with Gasteiger partial charge in [0.25, 0.3) is 5.91 Å². The summed E-state index contributed by atoms with van der Waals surface area (Å²) in [6.45, 7) is 3.58. The van der Waals surface area contributed by atoms with Crippen molar-refractivity contribution in [1.29, 1.82) is 0 Å². The van der Waals surface area contributed by atoms with E-state index in [4.69, 9.17) is 9.72 Å². The third-order valence-electron chi connectivity index (χ3n) is 5.48. The Hall–Kier alpha value is -4.04. The van der Waals surface area contributed by atoms with Gasteiger partial charge in [-0.25, -0.2) is 4.98 Å². The summed E-state index contributed by atoms with van der Waals surface area (Å²) in [7, 11) is 0. The quantitative estimate of drug-likeness (QED) is 0.447. The summed E-state index contributed by atoms with van der Waals surface area (Å²) in [4.78, 5) is 37.4. The van der Waals surface area contributed by atoms with Crippen LogP contribution in [0.25, 0.3) is 22.0 Å². The minimum atomic E-state index is -0.681. The van der Waals surface area contributed by atoms with Crippen LogP contribution in [0, 0.1) is 6.92 Å². The van der Waals surface area contributed by atoms with Gasteiger partial charge in [0.2, 0.25) is 5.91 Å². The van der Waals surface area contributed by atoms with E-state index in [9.17, 15) is 9.59 Å². The second kappa shape index (κ2) is 9.07. The van der Waals surface area contributed by atoms with E-state index in [1.165, 1.54) is 4.90 Å². The molecule has 0 bridgehead atoms. The van der Waals surface area contributed by atoms with Crippen LogP contribution >= 0.6 is 11.3 Å². The molecule has 2 aromatic heterocycles. The Balaban J connectivity index is 1.47. The molecule has 0 saturated carbocycles. The first-order valence-corrected chi connectivity index (χ1v) is 11.7. The van der Waals surface area contributed by atoms with Crippen molar-refractivity contribution >= 4 is 34.5 Å². The third-order valence-corrected chi connectivity index (χ3v) is 6.47. The van der Waals surface area contributed by atoms with Gasteiger partial charge in [-0.1, -0.05) is 24.3 Å². The molecule has 1 N–H and O–H groups in total. The first-order valence-electron chi connectivity index (χ1n) is 10.9. The van der Waals surface area contributed by atoms with Crippen LogP contribution in [0.3, 0.4) is 0 Å². The van der Waals surface area contributed by atoms with Crippen molar-refractivity contribution in [2.24, 2.45) is 0 Å². The van der Waals surface area contributed by atoms with Crippen molar-refractivity contribution in [3.05, 3.63) is 77.8 Å². The van der Waals surface area contributed by atoms with Crippen molar-refractivity contribution in [3.8, 4) is 27.7 Å². The zero-order valence-corrected chi connectivity index (χ0v) is 19.5. The molecule has 5 rings (SSSR count). The van der Waals surface area contributed by atoms with E-state index < -0.39 is 6.10 Å². The average Bonchev–Trinajstić information content (AvgIpc) is 3.24. The molecule has 2 aromatic carbocycles. The molecule has 34 heavy (non-hydrogen) atoms. The zero-order chi connectivity index (χ0) is 23.7. The monoisotopic (exact) mass is 470 g/mol. The highest BCUT2D eigenvalue weighted by Gasteiger charge is 2.33. The number of carbonyl (C=O) groups excluding carboxylic acids is 2. The molecule has 1 unspecified atom stereocenters. The molecule has 1 aliphatic heterocycles. The van der Waals surface area contributed by atoms with E-state index >= 15 is 0 Å². The normalized spacial score (nSPS) is 14.9. The van der Waals surface area contributed by atoms with Crippen LogP contribution in [-0.2, 0) is 9.59 Å². The molecule has 4 aromatic rings. The number of thiazole rings is 1.